The van der Waals surface area contributed by atoms with Crippen LogP contribution in [-0.2, 0) is 9.53 Å². The number of hydrogen-bond acceptors (Lipinski definition) is 3. The Balaban J connectivity index is 2.38. The van der Waals surface area contributed by atoms with Gasteiger partial charge in [-0.3, -0.25) is 4.98 Å². The number of rotatable bonds is 3. The summed E-state index contributed by atoms with van der Waals surface area (Å²) in [6.07, 6.45) is 5.07. The van der Waals surface area contributed by atoms with Crippen molar-refractivity contribution < 1.29 is 9.53 Å². The highest BCUT2D eigenvalue weighted by atomic mass is 16.5. The standard InChI is InChI=1S/C15H15NO2/c1-3-18-15(17)8-7-12-5-4-6-13-10-16-11(2)9-14(12)13/h4-10H,3H2,1-2H3/b8-7+. The van der Waals surface area contributed by atoms with E-state index in [9.17, 15) is 4.79 Å². The number of carbonyl (C=O) groups is 1. The van der Waals surface area contributed by atoms with E-state index < -0.39 is 0 Å². The largest absolute Gasteiger partial charge is 0.463 e. The Hall–Kier alpha value is -2.16. The van der Waals surface area contributed by atoms with Gasteiger partial charge in [-0.05, 0) is 36.9 Å². The molecule has 2 rings (SSSR count). The molecule has 0 spiro atoms. The zero-order chi connectivity index (χ0) is 13.0. The van der Waals surface area contributed by atoms with Crippen LogP contribution in [0, 0.1) is 6.92 Å². The predicted octanol–water partition coefficient (Wildman–Crippen LogP) is 3.12. The zero-order valence-electron chi connectivity index (χ0n) is 10.5. The van der Waals surface area contributed by atoms with Crippen molar-refractivity contribution in [1.82, 2.24) is 4.98 Å². The molecule has 0 radical (unpaired) electrons. The van der Waals surface area contributed by atoms with Crippen LogP contribution >= 0.6 is 0 Å². The van der Waals surface area contributed by atoms with Crippen LogP contribution in [0.3, 0.4) is 0 Å². The highest BCUT2D eigenvalue weighted by molar-refractivity contribution is 5.94. The van der Waals surface area contributed by atoms with E-state index in [1.54, 1.807) is 13.0 Å². The van der Waals surface area contributed by atoms with Crippen LogP contribution in [0.2, 0.25) is 0 Å². The molecule has 0 bridgehead atoms. The van der Waals surface area contributed by atoms with E-state index >= 15 is 0 Å². The van der Waals surface area contributed by atoms with E-state index in [0.29, 0.717) is 6.61 Å². The van der Waals surface area contributed by atoms with Gasteiger partial charge in [-0.2, -0.15) is 0 Å². The minimum absolute atomic E-state index is 0.319. The summed E-state index contributed by atoms with van der Waals surface area (Å²) in [4.78, 5) is 15.6. The molecule has 0 aliphatic carbocycles. The number of ether oxygens (including phenoxy) is 1. The first kappa shape index (κ1) is 12.3. The minimum Gasteiger partial charge on any atom is -0.463 e. The zero-order valence-corrected chi connectivity index (χ0v) is 10.5. The number of aromatic nitrogens is 1. The number of esters is 1. The highest BCUT2D eigenvalue weighted by Gasteiger charge is 2.00. The van der Waals surface area contributed by atoms with Gasteiger partial charge in [0.25, 0.3) is 0 Å². The van der Waals surface area contributed by atoms with E-state index in [1.807, 2.05) is 37.4 Å². The van der Waals surface area contributed by atoms with Crippen molar-refractivity contribution in [3.8, 4) is 0 Å². The molecule has 0 unspecified atom stereocenters. The van der Waals surface area contributed by atoms with E-state index in [2.05, 4.69) is 4.98 Å². The van der Waals surface area contributed by atoms with E-state index in [-0.39, 0.29) is 5.97 Å². The summed E-state index contributed by atoms with van der Waals surface area (Å²) < 4.78 is 4.86. The Labute approximate surface area is 106 Å². The van der Waals surface area contributed by atoms with Crippen molar-refractivity contribution in [3.05, 3.63) is 47.8 Å². The maximum Gasteiger partial charge on any atom is 0.330 e. The van der Waals surface area contributed by atoms with Gasteiger partial charge in [-0.25, -0.2) is 4.79 Å². The maximum absolute atomic E-state index is 11.3. The molecule has 0 fully saturated rings. The van der Waals surface area contributed by atoms with Crippen molar-refractivity contribution in [3.63, 3.8) is 0 Å². The minimum atomic E-state index is -0.319. The van der Waals surface area contributed by atoms with Crippen LogP contribution in [0.1, 0.15) is 18.2 Å². The Morgan fingerprint density at radius 2 is 2.28 bits per heavy atom. The lowest BCUT2D eigenvalue weighted by atomic mass is 10.1. The third-order valence-corrected chi connectivity index (χ3v) is 2.62. The van der Waals surface area contributed by atoms with E-state index in [1.165, 1.54) is 6.08 Å². The SMILES string of the molecule is CCOC(=O)/C=C/c1cccc2cnc(C)cc12. The Bertz CT molecular complexity index is 602. The van der Waals surface area contributed by atoms with E-state index in [4.69, 9.17) is 4.74 Å². The average Bonchev–Trinajstić information content (AvgIpc) is 2.36. The molecule has 0 atom stereocenters. The normalized spacial score (nSPS) is 11.0. The lowest BCUT2D eigenvalue weighted by Crippen LogP contribution is -1.98. The Kier molecular flexibility index (Phi) is 3.72. The summed E-state index contributed by atoms with van der Waals surface area (Å²) in [5, 5.41) is 2.15. The molecular weight excluding hydrogens is 226 g/mol. The molecule has 0 aliphatic heterocycles. The second kappa shape index (κ2) is 5.45. The van der Waals surface area contributed by atoms with Gasteiger partial charge < -0.3 is 4.74 Å². The predicted molar refractivity (Wildman–Crippen MR) is 72.1 cm³/mol. The molecule has 0 aliphatic rings. The highest BCUT2D eigenvalue weighted by Crippen LogP contribution is 2.20. The van der Waals surface area contributed by atoms with Crippen molar-refractivity contribution >= 4 is 22.8 Å². The van der Waals surface area contributed by atoms with Crippen molar-refractivity contribution in [2.75, 3.05) is 6.61 Å². The molecular formula is C15H15NO2. The van der Waals surface area contributed by atoms with Gasteiger partial charge in [0.1, 0.15) is 0 Å². The molecule has 92 valence electrons. The number of aryl methyl sites for hydroxylation is 1. The summed E-state index contributed by atoms with van der Waals surface area (Å²) in [6.45, 7) is 4.13. The van der Waals surface area contributed by atoms with Crippen LogP contribution in [-0.4, -0.2) is 17.6 Å². The fraction of sp³-hybridized carbons (Fsp3) is 0.200. The number of carbonyl (C=O) groups excluding carboxylic acids is 1. The first-order valence-corrected chi connectivity index (χ1v) is 5.91. The second-order valence-electron chi connectivity index (χ2n) is 3.98. The number of hydrogen-bond donors (Lipinski definition) is 0. The fourth-order valence-electron chi connectivity index (χ4n) is 1.79. The first-order chi connectivity index (χ1) is 8.70. The Morgan fingerprint density at radius 1 is 1.44 bits per heavy atom. The number of fused-ring (bicyclic) bond motifs is 1. The summed E-state index contributed by atoms with van der Waals surface area (Å²) in [5.74, 6) is -0.319. The van der Waals surface area contributed by atoms with Gasteiger partial charge >= 0.3 is 5.97 Å². The third-order valence-electron chi connectivity index (χ3n) is 2.62. The van der Waals surface area contributed by atoms with Gasteiger partial charge in [0.05, 0.1) is 6.61 Å². The molecule has 0 saturated heterocycles. The molecule has 1 aromatic carbocycles. The summed E-state index contributed by atoms with van der Waals surface area (Å²) >= 11 is 0. The first-order valence-electron chi connectivity index (χ1n) is 5.91. The number of pyridine rings is 1. The van der Waals surface area contributed by atoms with Crippen LogP contribution < -0.4 is 0 Å². The molecule has 3 heteroatoms. The molecule has 3 nitrogen and oxygen atoms in total. The van der Waals surface area contributed by atoms with Gasteiger partial charge in [0.2, 0.25) is 0 Å². The molecule has 0 amide bonds. The lowest BCUT2D eigenvalue weighted by molar-refractivity contribution is -0.137. The van der Waals surface area contributed by atoms with E-state index in [0.717, 1.165) is 22.0 Å². The molecule has 1 aromatic heterocycles. The van der Waals surface area contributed by atoms with Crippen molar-refractivity contribution in [2.45, 2.75) is 13.8 Å². The molecule has 0 N–H and O–H groups in total. The van der Waals surface area contributed by atoms with Gasteiger partial charge in [0, 0.05) is 23.4 Å². The molecule has 0 saturated carbocycles. The quantitative estimate of drug-likeness (QED) is 0.612. The summed E-state index contributed by atoms with van der Waals surface area (Å²) in [6, 6.07) is 7.94. The van der Waals surface area contributed by atoms with Crippen LogP contribution in [0.4, 0.5) is 0 Å². The molecule has 1 heterocycles. The smallest absolute Gasteiger partial charge is 0.330 e. The number of benzene rings is 1. The topological polar surface area (TPSA) is 39.2 Å². The molecule has 2 aromatic rings. The second-order valence-corrected chi connectivity index (χ2v) is 3.98. The Morgan fingerprint density at radius 3 is 3.06 bits per heavy atom. The average molecular weight is 241 g/mol. The number of nitrogens with zero attached hydrogens (tertiary/aromatic N) is 1. The van der Waals surface area contributed by atoms with Gasteiger partial charge in [0.15, 0.2) is 0 Å². The van der Waals surface area contributed by atoms with Crippen LogP contribution in [0.25, 0.3) is 16.8 Å². The van der Waals surface area contributed by atoms with Crippen LogP contribution in [0.5, 0.6) is 0 Å². The monoisotopic (exact) mass is 241 g/mol. The van der Waals surface area contributed by atoms with Crippen molar-refractivity contribution in [2.24, 2.45) is 0 Å². The summed E-state index contributed by atoms with van der Waals surface area (Å²) in [5.41, 5.74) is 1.95. The van der Waals surface area contributed by atoms with Gasteiger partial charge in [-0.15, -0.1) is 0 Å². The fourth-order valence-corrected chi connectivity index (χ4v) is 1.79. The summed E-state index contributed by atoms with van der Waals surface area (Å²) in [7, 11) is 0. The maximum atomic E-state index is 11.3. The molecule has 18 heavy (non-hydrogen) atoms. The third kappa shape index (κ3) is 2.74. The lowest BCUT2D eigenvalue weighted by Gasteiger charge is -2.03. The van der Waals surface area contributed by atoms with Crippen molar-refractivity contribution in [1.29, 1.82) is 0 Å². The van der Waals surface area contributed by atoms with Crippen LogP contribution in [0.15, 0.2) is 36.5 Å². The van der Waals surface area contributed by atoms with Gasteiger partial charge in [-0.1, -0.05) is 18.2 Å².